The number of carbonyl (C=O) groups excluding carboxylic acids is 2. The number of fused-ring (bicyclic) bond motifs is 1. The first-order valence-electron chi connectivity index (χ1n) is 8.64. The van der Waals surface area contributed by atoms with Crippen LogP contribution >= 0.6 is 11.6 Å². The van der Waals surface area contributed by atoms with Gasteiger partial charge >= 0.3 is 5.97 Å². The fourth-order valence-electron chi connectivity index (χ4n) is 2.72. The minimum Gasteiger partial charge on any atom is -0.496 e. The summed E-state index contributed by atoms with van der Waals surface area (Å²) in [5, 5.41) is 3.22. The molecular formula is C20H20ClNO6. The summed E-state index contributed by atoms with van der Waals surface area (Å²) in [7, 11) is 1.50. The number of nitrogens with one attached hydrogen (secondary N) is 1. The zero-order chi connectivity index (χ0) is 20.1. The maximum Gasteiger partial charge on any atom is 0.311 e. The molecule has 0 aromatic heterocycles. The third-order valence-electron chi connectivity index (χ3n) is 4.16. The summed E-state index contributed by atoms with van der Waals surface area (Å²) >= 11 is 5.96. The number of hydrogen-bond acceptors (Lipinski definition) is 6. The number of carbonyl (C=O) groups is 2. The molecule has 0 saturated carbocycles. The van der Waals surface area contributed by atoms with E-state index >= 15 is 0 Å². The van der Waals surface area contributed by atoms with Gasteiger partial charge in [0.2, 0.25) is 6.79 Å². The smallest absolute Gasteiger partial charge is 0.311 e. The van der Waals surface area contributed by atoms with Crippen molar-refractivity contribution < 1.29 is 28.5 Å². The van der Waals surface area contributed by atoms with Crippen LogP contribution in [0.15, 0.2) is 36.4 Å². The van der Waals surface area contributed by atoms with Crippen LogP contribution in [0.25, 0.3) is 0 Å². The molecule has 1 atom stereocenters. The van der Waals surface area contributed by atoms with Gasteiger partial charge in [-0.25, -0.2) is 0 Å². The van der Waals surface area contributed by atoms with Crippen LogP contribution in [0.2, 0.25) is 5.02 Å². The van der Waals surface area contributed by atoms with Crippen molar-refractivity contribution in [3.8, 4) is 17.2 Å². The molecule has 0 unspecified atom stereocenters. The average molecular weight is 406 g/mol. The lowest BCUT2D eigenvalue weighted by Gasteiger charge is -2.14. The molecule has 1 aliphatic rings. The molecule has 0 radical (unpaired) electrons. The summed E-state index contributed by atoms with van der Waals surface area (Å²) in [6, 6.07) is 10.4. The van der Waals surface area contributed by atoms with Crippen molar-refractivity contribution in [2.75, 3.05) is 13.9 Å². The van der Waals surface area contributed by atoms with Crippen LogP contribution in [0, 0.1) is 0 Å². The normalized spacial score (nSPS) is 13.0. The maximum atomic E-state index is 12.2. The monoisotopic (exact) mass is 405 g/mol. The van der Waals surface area contributed by atoms with E-state index in [4.69, 9.17) is 30.5 Å². The van der Waals surface area contributed by atoms with Gasteiger partial charge in [0.25, 0.3) is 5.91 Å². The van der Waals surface area contributed by atoms with Crippen molar-refractivity contribution in [3.63, 3.8) is 0 Å². The minimum absolute atomic E-state index is 0.0521. The number of esters is 1. The van der Waals surface area contributed by atoms with Crippen LogP contribution in [-0.4, -0.2) is 31.9 Å². The van der Waals surface area contributed by atoms with Gasteiger partial charge in [0.15, 0.2) is 17.6 Å². The molecule has 148 valence electrons. The number of methoxy groups -OCH3 is 1. The summed E-state index contributed by atoms with van der Waals surface area (Å²) in [5.74, 6) is 0.896. The van der Waals surface area contributed by atoms with Gasteiger partial charge in [0.05, 0.1) is 13.5 Å². The number of rotatable bonds is 7. The number of amides is 1. The Balaban J connectivity index is 1.51. The highest BCUT2D eigenvalue weighted by Gasteiger charge is 2.20. The van der Waals surface area contributed by atoms with E-state index in [1.165, 1.54) is 14.0 Å². The van der Waals surface area contributed by atoms with Crippen molar-refractivity contribution in [1.82, 2.24) is 5.32 Å². The quantitative estimate of drug-likeness (QED) is 0.713. The second-order valence-electron chi connectivity index (χ2n) is 6.17. The standard InChI is InChI=1S/C20H20ClNO6/c1-12(28-19(23)9-14-8-15(21)4-6-16(14)25-2)20(24)22-10-13-3-5-17-18(7-13)27-11-26-17/h3-8,12H,9-11H2,1-2H3,(H,22,24)/t12-/m1/s1. The van der Waals surface area contributed by atoms with E-state index in [1.807, 2.05) is 6.07 Å². The van der Waals surface area contributed by atoms with E-state index < -0.39 is 18.0 Å². The molecule has 0 spiro atoms. The highest BCUT2D eigenvalue weighted by atomic mass is 35.5. The summed E-state index contributed by atoms with van der Waals surface area (Å²) < 4.78 is 21.0. The van der Waals surface area contributed by atoms with Crippen LogP contribution in [0.1, 0.15) is 18.1 Å². The Morgan fingerprint density at radius 3 is 2.75 bits per heavy atom. The number of benzene rings is 2. The molecule has 0 aliphatic carbocycles. The Kier molecular flexibility index (Phi) is 6.26. The fraction of sp³-hybridized carbons (Fsp3) is 0.300. The third kappa shape index (κ3) is 4.86. The van der Waals surface area contributed by atoms with E-state index in [-0.39, 0.29) is 19.8 Å². The largest absolute Gasteiger partial charge is 0.496 e. The molecule has 8 heteroatoms. The first-order valence-corrected chi connectivity index (χ1v) is 9.02. The summed E-state index contributed by atoms with van der Waals surface area (Å²) in [6.07, 6.45) is -0.990. The van der Waals surface area contributed by atoms with Gasteiger partial charge in [-0.3, -0.25) is 9.59 Å². The van der Waals surface area contributed by atoms with Crippen LogP contribution in [0.4, 0.5) is 0 Å². The van der Waals surface area contributed by atoms with Gasteiger partial charge in [-0.05, 0) is 42.8 Å². The average Bonchev–Trinajstić information content (AvgIpc) is 3.14. The molecule has 2 aromatic rings. The molecule has 1 aliphatic heterocycles. The van der Waals surface area contributed by atoms with Crippen molar-refractivity contribution in [2.24, 2.45) is 0 Å². The Morgan fingerprint density at radius 2 is 1.96 bits per heavy atom. The molecule has 28 heavy (non-hydrogen) atoms. The molecule has 0 fully saturated rings. The molecule has 0 bridgehead atoms. The lowest BCUT2D eigenvalue weighted by molar-refractivity contribution is -0.154. The zero-order valence-corrected chi connectivity index (χ0v) is 16.2. The maximum absolute atomic E-state index is 12.2. The molecule has 3 rings (SSSR count). The number of hydrogen-bond donors (Lipinski definition) is 1. The summed E-state index contributed by atoms with van der Waals surface area (Å²) in [5.41, 5.74) is 1.44. The number of ether oxygens (including phenoxy) is 4. The van der Waals surface area contributed by atoms with Gasteiger partial charge in [-0.2, -0.15) is 0 Å². The van der Waals surface area contributed by atoms with Gasteiger partial charge in [0, 0.05) is 17.1 Å². The first-order chi connectivity index (χ1) is 13.5. The van der Waals surface area contributed by atoms with Crippen molar-refractivity contribution in [2.45, 2.75) is 26.0 Å². The first kappa shape index (κ1) is 19.8. The molecule has 1 heterocycles. The second kappa shape index (κ2) is 8.84. The zero-order valence-electron chi connectivity index (χ0n) is 15.5. The van der Waals surface area contributed by atoms with Crippen LogP contribution in [0.5, 0.6) is 17.2 Å². The SMILES string of the molecule is COc1ccc(Cl)cc1CC(=O)O[C@H](C)C(=O)NCc1ccc2c(c1)OCO2. The molecule has 1 N–H and O–H groups in total. The Bertz CT molecular complexity index is 885. The third-order valence-corrected chi connectivity index (χ3v) is 4.39. The van der Waals surface area contributed by atoms with Gasteiger partial charge in [-0.15, -0.1) is 0 Å². The molecule has 7 nitrogen and oxygen atoms in total. The van der Waals surface area contributed by atoms with E-state index in [0.717, 1.165) is 5.56 Å². The highest BCUT2D eigenvalue weighted by Crippen LogP contribution is 2.32. The van der Waals surface area contributed by atoms with E-state index in [2.05, 4.69) is 5.32 Å². The van der Waals surface area contributed by atoms with E-state index in [9.17, 15) is 9.59 Å². The van der Waals surface area contributed by atoms with Crippen LogP contribution in [-0.2, 0) is 27.3 Å². The van der Waals surface area contributed by atoms with Gasteiger partial charge < -0.3 is 24.3 Å². The van der Waals surface area contributed by atoms with Crippen molar-refractivity contribution in [1.29, 1.82) is 0 Å². The number of halogens is 1. The fourth-order valence-corrected chi connectivity index (χ4v) is 2.91. The minimum atomic E-state index is -0.938. The topological polar surface area (TPSA) is 83.1 Å². The Labute approximate surface area is 167 Å². The predicted octanol–water partition coefficient (Wildman–Crippen LogP) is 2.87. The summed E-state index contributed by atoms with van der Waals surface area (Å²) in [4.78, 5) is 24.4. The lowest BCUT2D eigenvalue weighted by atomic mass is 10.1. The van der Waals surface area contributed by atoms with Crippen LogP contribution < -0.4 is 19.5 Å². The molecular weight excluding hydrogens is 386 g/mol. The Morgan fingerprint density at radius 1 is 1.18 bits per heavy atom. The summed E-state index contributed by atoms with van der Waals surface area (Å²) in [6.45, 7) is 1.98. The van der Waals surface area contributed by atoms with E-state index in [1.54, 1.807) is 30.3 Å². The molecule has 0 saturated heterocycles. The van der Waals surface area contributed by atoms with Crippen LogP contribution in [0.3, 0.4) is 0 Å². The molecule has 2 aromatic carbocycles. The predicted molar refractivity (Wildman–Crippen MR) is 102 cm³/mol. The lowest BCUT2D eigenvalue weighted by Crippen LogP contribution is -2.35. The second-order valence-corrected chi connectivity index (χ2v) is 6.61. The Hall–Kier alpha value is -2.93. The highest BCUT2D eigenvalue weighted by molar-refractivity contribution is 6.30. The van der Waals surface area contributed by atoms with Gasteiger partial charge in [-0.1, -0.05) is 17.7 Å². The molecule has 1 amide bonds. The van der Waals surface area contributed by atoms with Crippen molar-refractivity contribution >= 4 is 23.5 Å². The van der Waals surface area contributed by atoms with Crippen molar-refractivity contribution in [3.05, 3.63) is 52.5 Å². The van der Waals surface area contributed by atoms with E-state index in [0.29, 0.717) is 27.8 Å². The van der Waals surface area contributed by atoms with Gasteiger partial charge in [0.1, 0.15) is 5.75 Å².